The molecule has 0 radical (unpaired) electrons. The zero-order chi connectivity index (χ0) is 17.6. The lowest BCUT2D eigenvalue weighted by Crippen LogP contribution is -2.31. The second-order valence-corrected chi connectivity index (χ2v) is 5.86. The van der Waals surface area contributed by atoms with E-state index in [0.29, 0.717) is 11.5 Å². The SMILES string of the molecule is COc1cccc(OCC(=O)NC(C)c2ccc3ccccc3c2)c1. The molecule has 1 atom stereocenters. The van der Waals surface area contributed by atoms with E-state index in [0.717, 1.165) is 10.9 Å². The molecule has 0 saturated heterocycles. The van der Waals surface area contributed by atoms with Crippen LogP contribution in [0.2, 0.25) is 0 Å². The number of rotatable bonds is 6. The molecule has 1 amide bonds. The van der Waals surface area contributed by atoms with Crippen LogP contribution in [0.25, 0.3) is 10.8 Å². The van der Waals surface area contributed by atoms with Gasteiger partial charge in [-0.1, -0.05) is 42.5 Å². The van der Waals surface area contributed by atoms with Gasteiger partial charge in [-0.15, -0.1) is 0 Å². The molecule has 1 N–H and O–H groups in total. The predicted molar refractivity (Wildman–Crippen MR) is 99.0 cm³/mol. The number of carbonyl (C=O) groups is 1. The number of methoxy groups -OCH3 is 1. The Kier molecular flexibility index (Phi) is 5.19. The van der Waals surface area contributed by atoms with Gasteiger partial charge in [-0.25, -0.2) is 0 Å². The molecule has 0 aliphatic heterocycles. The standard InChI is InChI=1S/C21H21NO3/c1-15(17-11-10-16-6-3-4-7-18(16)12-17)22-21(23)14-25-20-9-5-8-19(13-20)24-2/h3-13,15H,14H2,1-2H3,(H,22,23). The number of hydrogen-bond acceptors (Lipinski definition) is 3. The van der Waals surface area contributed by atoms with E-state index in [1.54, 1.807) is 19.2 Å². The number of amides is 1. The first kappa shape index (κ1) is 16.8. The summed E-state index contributed by atoms with van der Waals surface area (Å²) in [7, 11) is 1.59. The average Bonchev–Trinajstić information content (AvgIpc) is 2.66. The molecule has 25 heavy (non-hydrogen) atoms. The molecule has 0 fully saturated rings. The molecule has 0 heterocycles. The Labute approximate surface area is 147 Å². The summed E-state index contributed by atoms with van der Waals surface area (Å²) in [5.74, 6) is 1.14. The summed E-state index contributed by atoms with van der Waals surface area (Å²) in [6.45, 7) is 1.93. The van der Waals surface area contributed by atoms with Gasteiger partial charge in [0.15, 0.2) is 6.61 Å². The van der Waals surface area contributed by atoms with Crippen LogP contribution in [0.3, 0.4) is 0 Å². The zero-order valence-electron chi connectivity index (χ0n) is 14.4. The second kappa shape index (κ2) is 7.71. The van der Waals surface area contributed by atoms with Crippen LogP contribution in [0.5, 0.6) is 11.5 Å². The summed E-state index contributed by atoms with van der Waals surface area (Å²) >= 11 is 0. The maximum Gasteiger partial charge on any atom is 0.258 e. The van der Waals surface area contributed by atoms with Crippen molar-refractivity contribution < 1.29 is 14.3 Å². The van der Waals surface area contributed by atoms with Gasteiger partial charge in [0, 0.05) is 6.07 Å². The van der Waals surface area contributed by atoms with E-state index in [1.165, 1.54) is 5.39 Å². The minimum Gasteiger partial charge on any atom is -0.497 e. The van der Waals surface area contributed by atoms with Crippen molar-refractivity contribution in [2.75, 3.05) is 13.7 Å². The highest BCUT2D eigenvalue weighted by Crippen LogP contribution is 2.21. The molecule has 0 aliphatic rings. The van der Waals surface area contributed by atoms with Crippen molar-refractivity contribution in [1.82, 2.24) is 5.32 Å². The van der Waals surface area contributed by atoms with Gasteiger partial charge in [-0.3, -0.25) is 4.79 Å². The normalized spacial score (nSPS) is 11.8. The van der Waals surface area contributed by atoms with Gasteiger partial charge in [0.25, 0.3) is 5.91 Å². The molecular formula is C21H21NO3. The van der Waals surface area contributed by atoms with Crippen molar-refractivity contribution in [1.29, 1.82) is 0 Å². The molecule has 4 nitrogen and oxygen atoms in total. The summed E-state index contributed by atoms with van der Waals surface area (Å²) in [6, 6.07) is 21.5. The predicted octanol–water partition coefficient (Wildman–Crippen LogP) is 4.10. The molecule has 3 aromatic rings. The maximum absolute atomic E-state index is 12.2. The van der Waals surface area contributed by atoms with E-state index in [-0.39, 0.29) is 18.6 Å². The number of ether oxygens (including phenoxy) is 2. The lowest BCUT2D eigenvalue weighted by atomic mass is 10.0. The Morgan fingerprint density at radius 3 is 2.52 bits per heavy atom. The van der Waals surface area contributed by atoms with E-state index in [2.05, 4.69) is 29.6 Å². The highest BCUT2D eigenvalue weighted by molar-refractivity contribution is 5.83. The number of hydrogen-bond donors (Lipinski definition) is 1. The van der Waals surface area contributed by atoms with E-state index in [9.17, 15) is 4.79 Å². The Morgan fingerprint density at radius 2 is 1.72 bits per heavy atom. The molecule has 0 bridgehead atoms. The van der Waals surface area contributed by atoms with Crippen LogP contribution < -0.4 is 14.8 Å². The fraction of sp³-hybridized carbons (Fsp3) is 0.190. The Hall–Kier alpha value is -3.01. The minimum absolute atomic E-state index is 0.0366. The summed E-state index contributed by atoms with van der Waals surface area (Å²) in [6.07, 6.45) is 0. The van der Waals surface area contributed by atoms with Crippen LogP contribution in [0, 0.1) is 0 Å². The number of nitrogens with one attached hydrogen (secondary N) is 1. The molecule has 3 rings (SSSR count). The van der Waals surface area contributed by atoms with E-state index in [1.807, 2.05) is 37.3 Å². The molecule has 1 unspecified atom stereocenters. The molecule has 4 heteroatoms. The van der Waals surface area contributed by atoms with Gasteiger partial charge in [-0.2, -0.15) is 0 Å². The van der Waals surface area contributed by atoms with Crippen molar-refractivity contribution in [2.24, 2.45) is 0 Å². The molecule has 0 spiro atoms. The number of benzene rings is 3. The third-order valence-electron chi connectivity index (χ3n) is 4.06. The van der Waals surface area contributed by atoms with Gasteiger partial charge in [-0.05, 0) is 41.5 Å². The van der Waals surface area contributed by atoms with Crippen molar-refractivity contribution >= 4 is 16.7 Å². The summed E-state index contributed by atoms with van der Waals surface area (Å²) in [4.78, 5) is 12.2. The Morgan fingerprint density at radius 1 is 0.960 bits per heavy atom. The maximum atomic E-state index is 12.2. The Bertz CT molecular complexity index is 876. The quantitative estimate of drug-likeness (QED) is 0.737. The first-order valence-electron chi connectivity index (χ1n) is 8.20. The van der Waals surface area contributed by atoms with Crippen molar-refractivity contribution in [2.45, 2.75) is 13.0 Å². The molecule has 0 aliphatic carbocycles. The molecular weight excluding hydrogens is 314 g/mol. The van der Waals surface area contributed by atoms with E-state index < -0.39 is 0 Å². The van der Waals surface area contributed by atoms with Crippen LogP contribution in [0.15, 0.2) is 66.7 Å². The number of fused-ring (bicyclic) bond motifs is 1. The van der Waals surface area contributed by atoms with Crippen molar-refractivity contribution in [3.8, 4) is 11.5 Å². The lowest BCUT2D eigenvalue weighted by Gasteiger charge is -2.15. The molecule has 128 valence electrons. The van der Waals surface area contributed by atoms with Gasteiger partial charge in [0.05, 0.1) is 13.2 Å². The van der Waals surface area contributed by atoms with Gasteiger partial charge in [0.2, 0.25) is 0 Å². The van der Waals surface area contributed by atoms with E-state index >= 15 is 0 Å². The fourth-order valence-corrected chi connectivity index (χ4v) is 2.68. The average molecular weight is 335 g/mol. The highest BCUT2D eigenvalue weighted by Gasteiger charge is 2.11. The summed E-state index contributed by atoms with van der Waals surface area (Å²) < 4.78 is 10.7. The minimum atomic E-state index is -0.163. The van der Waals surface area contributed by atoms with Gasteiger partial charge >= 0.3 is 0 Å². The van der Waals surface area contributed by atoms with Crippen molar-refractivity contribution in [3.05, 3.63) is 72.3 Å². The zero-order valence-corrected chi connectivity index (χ0v) is 14.4. The number of carbonyl (C=O) groups excluding carboxylic acids is 1. The monoisotopic (exact) mass is 335 g/mol. The lowest BCUT2D eigenvalue weighted by molar-refractivity contribution is -0.123. The Balaban J connectivity index is 1.59. The second-order valence-electron chi connectivity index (χ2n) is 5.86. The third kappa shape index (κ3) is 4.29. The summed E-state index contributed by atoms with van der Waals surface area (Å²) in [5.41, 5.74) is 1.06. The first-order valence-corrected chi connectivity index (χ1v) is 8.20. The van der Waals surface area contributed by atoms with Crippen LogP contribution in [-0.2, 0) is 4.79 Å². The topological polar surface area (TPSA) is 47.6 Å². The smallest absolute Gasteiger partial charge is 0.258 e. The largest absolute Gasteiger partial charge is 0.497 e. The third-order valence-corrected chi connectivity index (χ3v) is 4.06. The first-order chi connectivity index (χ1) is 12.2. The van der Waals surface area contributed by atoms with Crippen LogP contribution in [-0.4, -0.2) is 19.6 Å². The summed E-state index contributed by atoms with van der Waals surface area (Å²) in [5, 5.41) is 5.31. The van der Waals surface area contributed by atoms with Gasteiger partial charge in [0.1, 0.15) is 11.5 Å². The van der Waals surface area contributed by atoms with Gasteiger partial charge < -0.3 is 14.8 Å². The van der Waals surface area contributed by atoms with E-state index in [4.69, 9.17) is 9.47 Å². The molecule has 3 aromatic carbocycles. The van der Waals surface area contributed by atoms with Crippen molar-refractivity contribution in [3.63, 3.8) is 0 Å². The highest BCUT2D eigenvalue weighted by atomic mass is 16.5. The molecule has 0 aromatic heterocycles. The van der Waals surface area contributed by atoms with Crippen LogP contribution in [0.4, 0.5) is 0 Å². The fourth-order valence-electron chi connectivity index (χ4n) is 2.68. The molecule has 0 saturated carbocycles. The van der Waals surface area contributed by atoms with Crippen LogP contribution >= 0.6 is 0 Å². The van der Waals surface area contributed by atoms with Crippen LogP contribution in [0.1, 0.15) is 18.5 Å².